The molecule has 2 N–H and O–H groups in total. The predicted octanol–water partition coefficient (Wildman–Crippen LogP) is -3.36. The highest BCUT2D eigenvalue weighted by atomic mass is 35.5. The Bertz CT molecular complexity index is 327. The second-order valence-electron chi connectivity index (χ2n) is 8.66. The molecule has 0 aliphatic carbocycles. The highest BCUT2D eigenvalue weighted by molar-refractivity contribution is 5.76. The van der Waals surface area contributed by atoms with Crippen molar-refractivity contribution in [1.82, 2.24) is 5.32 Å². The van der Waals surface area contributed by atoms with Crippen molar-refractivity contribution in [3.8, 4) is 0 Å². The molecule has 6 heteroatoms. The van der Waals surface area contributed by atoms with Crippen molar-refractivity contribution < 1.29 is 39.0 Å². The van der Waals surface area contributed by atoms with Crippen LogP contribution in [0.25, 0.3) is 0 Å². The van der Waals surface area contributed by atoms with E-state index in [9.17, 15) is 4.79 Å². The maximum Gasteiger partial charge on any atom is 0.275 e. The van der Waals surface area contributed by atoms with Crippen molar-refractivity contribution in [2.45, 2.75) is 77.6 Å². The fourth-order valence-corrected chi connectivity index (χ4v) is 3.22. The molecular formula is C21H47Cl2N3O. The summed E-state index contributed by atoms with van der Waals surface area (Å²) in [5.74, 6) is 0.200. The van der Waals surface area contributed by atoms with Crippen LogP contribution in [0, 0.1) is 0 Å². The molecule has 166 valence electrons. The van der Waals surface area contributed by atoms with Gasteiger partial charge in [0.1, 0.15) is 0 Å². The van der Waals surface area contributed by atoms with E-state index in [1.165, 1.54) is 69.1 Å². The van der Waals surface area contributed by atoms with Crippen molar-refractivity contribution in [2.75, 3.05) is 54.4 Å². The first kappa shape index (κ1) is 31.7. The standard InChI is InChI=1S/C21H45N3O.2ClH/c1-6-7-8-9-10-11-12-13-14-15-19-24(4,5)20-21(25)22-17-16-18-23(2)3;;/h6-20H2,1-5H3;2*1H. The van der Waals surface area contributed by atoms with Gasteiger partial charge in [-0.3, -0.25) is 4.79 Å². The molecule has 0 unspecified atom stereocenters. The minimum absolute atomic E-state index is 0. The van der Waals surface area contributed by atoms with Gasteiger partial charge in [0.2, 0.25) is 0 Å². The van der Waals surface area contributed by atoms with Gasteiger partial charge in [0.05, 0.1) is 41.3 Å². The third-order valence-corrected chi connectivity index (χ3v) is 4.86. The van der Waals surface area contributed by atoms with E-state index in [0.29, 0.717) is 6.54 Å². The average Bonchev–Trinajstić information content (AvgIpc) is 2.52. The van der Waals surface area contributed by atoms with Gasteiger partial charge in [0, 0.05) is 13.0 Å². The number of nitrogens with zero attached hydrogens (tertiary/aromatic N) is 1. The number of quaternary nitrogens is 2. The van der Waals surface area contributed by atoms with Crippen LogP contribution in [0.3, 0.4) is 0 Å². The summed E-state index contributed by atoms with van der Waals surface area (Å²) in [6.45, 7) is 5.90. The molecule has 0 spiro atoms. The summed E-state index contributed by atoms with van der Waals surface area (Å²) >= 11 is 0. The Kier molecular flexibility index (Phi) is 24.3. The van der Waals surface area contributed by atoms with Gasteiger partial charge < -0.3 is 39.5 Å². The van der Waals surface area contributed by atoms with Crippen LogP contribution >= 0.6 is 0 Å². The monoisotopic (exact) mass is 427 g/mol. The van der Waals surface area contributed by atoms with E-state index in [1.807, 2.05) is 0 Å². The summed E-state index contributed by atoms with van der Waals surface area (Å²) in [5, 5.41) is 3.07. The number of nitrogens with one attached hydrogen (secondary N) is 2. The number of carbonyl (C=O) groups is 1. The summed E-state index contributed by atoms with van der Waals surface area (Å²) in [4.78, 5) is 13.5. The topological polar surface area (TPSA) is 33.5 Å². The van der Waals surface area contributed by atoms with Gasteiger partial charge in [-0.15, -0.1) is 0 Å². The van der Waals surface area contributed by atoms with Crippen molar-refractivity contribution in [3.63, 3.8) is 0 Å². The molecule has 0 aromatic rings. The van der Waals surface area contributed by atoms with Gasteiger partial charge in [-0.05, 0) is 12.8 Å². The van der Waals surface area contributed by atoms with Crippen LogP contribution in [-0.4, -0.2) is 64.8 Å². The van der Waals surface area contributed by atoms with Crippen LogP contribution in [0.2, 0.25) is 0 Å². The molecule has 1 amide bonds. The second-order valence-corrected chi connectivity index (χ2v) is 8.66. The quantitative estimate of drug-likeness (QED) is 0.184. The Morgan fingerprint density at radius 3 is 1.78 bits per heavy atom. The molecule has 0 aromatic carbocycles. The fourth-order valence-electron chi connectivity index (χ4n) is 3.22. The number of carbonyl (C=O) groups excluding carboxylic acids is 1. The SMILES string of the molecule is CCCCCCCCCCCC[N+](C)(C)CC(=O)NCCC[NH+](C)C.[Cl-].[Cl-]. The van der Waals surface area contributed by atoms with E-state index < -0.39 is 0 Å². The highest BCUT2D eigenvalue weighted by Gasteiger charge is 2.19. The van der Waals surface area contributed by atoms with Crippen LogP contribution in [0.4, 0.5) is 0 Å². The number of hydrogen-bond acceptors (Lipinski definition) is 1. The summed E-state index contributed by atoms with van der Waals surface area (Å²) < 4.78 is 0.807. The molecule has 0 aliphatic heterocycles. The van der Waals surface area contributed by atoms with Crippen molar-refractivity contribution in [3.05, 3.63) is 0 Å². The van der Waals surface area contributed by atoms with Crippen molar-refractivity contribution in [1.29, 1.82) is 0 Å². The zero-order valence-corrected chi connectivity index (χ0v) is 20.2. The van der Waals surface area contributed by atoms with Gasteiger partial charge in [0.25, 0.3) is 5.91 Å². The van der Waals surface area contributed by atoms with Gasteiger partial charge in [-0.1, -0.05) is 58.3 Å². The minimum atomic E-state index is 0. The molecule has 0 radical (unpaired) electrons. The smallest absolute Gasteiger partial charge is 0.275 e. The highest BCUT2D eigenvalue weighted by Crippen LogP contribution is 2.11. The second kappa shape index (κ2) is 20.7. The van der Waals surface area contributed by atoms with Crippen LogP contribution in [0.15, 0.2) is 0 Å². The Morgan fingerprint density at radius 1 is 0.815 bits per heavy atom. The van der Waals surface area contributed by atoms with E-state index in [-0.39, 0.29) is 30.7 Å². The summed E-state index contributed by atoms with van der Waals surface area (Å²) in [6.07, 6.45) is 14.7. The van der Waals surface area contributed by atoms with E-state index in [4.69, 9.17) is 0 Å². The van der Waals surface area contributed by atoms with E-state index >= 15 is 0 Å². The fraction of sp³-hybridized carbons (Fsp3) is 0.952. The Labute approximate surface area is 182 Å². The Hall–Kier alpha value is -0.0300. The molecule has 0 heterocycles. The van der Waals surface area contributed by atoms with Crippen LogP contribution in [0.1, 0.15) is 77.6 Å². The zero-order chi connectivity index (χ0) is 19.0. The summed E-state index contributed by atoms with van der Waals surface area (Å²) in [6, 6.07) is 0. The lowest BCUT2D eigenvalue weighted by Gasteiger charge is -2.29. The third kappa shape index (κ3) is 23.9. The number of likely N-dealkylation sites (N-methyl/N-ethyl adjacent to an activating group) is 1. The molecule has 0 aliphatic rings. The molecule has 0 saturated heterocycles. The predicted molar refractivity (Wildman–Crippen MR) is 109 cm³/mol. The maximum absolute atomic E-state index is 12.1. The lowest BCUT2D eigenvalue weighted by atomic mass is 10.1. The summed E-state index contributed by atoms with van der Waals surface area (Å²) in [7, 11) is 8.65. The minimum Gasteiger partial charge on any atom is -1.00 e. The average molecular weight is 429 g/mol. The lowest BCUT2D eigenvalue weighted by Crippen LogP contribution is -3.05. The number of hydrogen-bond donors (Lipinski definition) is 2. The van der Waals surface area contributed by atoms with Gasteiger partial charge in [0.15, 0.2) is 6.54 Å². The number of rotatable bonds is 17. The number of unbranched alkanes of at least 4 members (excludes halogenated alkanes) is 9. The Morgan fingerprint density at radius 2 is 1.30 bits per heavy atom. The molecule has 0 atom stereocenters. The van der Waals surface area contributed by atoms with Gasteiger partial charge in [-0.25, -0.2) is 0 Å². The van der Waals surface area contributed by atoms with E-state index in [2.05, 4.69) is 40.4 Å². The van der Waals surface area contributed by atoms with Crippen molar-refractivity contribution >= 4 is 5.91 Å². The van der Waals surface area contributed by atoms with Crippen LogP contribution < -0.4 is 35.0 Å². The molecular weight excluding hydrogens is 381 g/mol. The third-order valence-electron chi connectivity index (χ3n) is 4.86. The number of amides is 1. The Balaban J connectivity index is -0.00000288. The zero-order valence-electron chi connectivity index (χ0n) is 18.7. The van der Waals surface area contributed by atoms with Crippen molar-refractivity contribution in [2.24, 2.45) is 0 Å². The normalized spacial score (nSPS) is 11.0. The molecule has 0 saturated carbocycles. The lowest BCUT2D eigenvalue weighted by molar-refractivity contribution is -0.882. The molecule has 0 rings (SSSR count). The van der Waals surface area contributed by atoms with Crippen LogP contribution in [-0.2, 0) is 4.79 Å². The van der Waals surface area contributed by atoms with Gasteiger partial charge >= 0.3 is 0 Å². The molecule has 27 heavy (non-hydrogen) atoms. The molecule has 4 nitrogen and oxygen atoms in total. The first-order valence-corrected chi connectivity index (χ1v) is 10.7. The largest absolute Gasteiger partial charge is 1.00 e. The van der Waals surface area contributed by atoms with Gasteiger partial charge in [-0.2, -0.15) is 0 Å². The molecule has 0 fully saturated rings. The van der Waals surface area contributed by atoms with E-state index in [0.717, 1.165) is 30.5 Å². The van der Waals surface area contributed by atoms with Crippen LogP contribution in [0.5, 0.6) is 0 Å². The molecule has 0 bridgehead atoms. The molecule has 0 aromatic heterocycles. The number of halogens is 2. The maximum atomic E-state index is 12.1. The first-order chi connectivity index (χ1) is 11.9. The first-order valence-electron chi connectivity index (χ1n) is 10.7. The summed E-state index contributed by atoms with van der Waals surface area (Å²) in [5.41, 5.74) is 0. The van der Waals surface area contributed by atoms with E-state index in [1.54, 1.807) is 0 Å².